The van der Waals surface area contributed by atoms with Crippen molar-refractivity contribution in [1.29, 1.82) is 0 Å². The van der Waals surface area contributed by atoms with Gasteiger partial charge in [-0.3, -0.25) is 4.79 Å². The second-order valence-electron chi connectivity index (χ2n) is 5.17. The van der Waals surface area contributed by atoms with Gasteiger partial charge in [0, 0.05) is 17.0 Å². The van der Waals surface area contributed by atoms with Crippen LogP contribution in [0.15, 0.2) is 0 Å². The highest BCUT2D eigenvalue weighted by atomic mass is 127. The van der Waals surface area contributed by atoms with E-state index < -0.39 is 0 Å². The van der Waals surface area contributed by atoms with Crippen molar-refractivity contribution in [3.05, 3.63) is 0 Å². The molecule has 2 saturated carbocycles. The van der Waals surface area contributed by atoms with Crippen molar-refractivity contribution in [1.82, 2.24) is 0 Å². The van der Waals surface area contributed by atoms with Crippen molar-refractivity contribution in [3.63, 3.8) is 0 Å². The molecule has 5 unspecified atom stereocenters. The standard InChI is InChI=1S/C12H17IO3/c13-2-1-3-15-10-5-7-4-8(10)11-9(7)6-16-12(11)14/h7-11H,1-6H2. The maximum Gasteiger partial charge on any atom is 0.309 e. The van der Waals surface area contributed by atoms with Gasteiger partial charge in [-0.1, -0.05) is 22.6 Å². The van der Waals surface area contributed by atoms with Gasteiger partial charge in [0.25, 0.3) is 0 Å². The Morgan fingerprint density at radius 1 is 1.38 bits per heavy atom. The van der Waals surface area contributed by atoms with E-state index in [1.165, 1.54) is 6.42 Å². The highest BCUT2D eigenvalue weighted by Crippen LogP contribution is 2.55. The fraction of sp³-hybridized carbons (Fsp3) is 0.917. The van der Waals surface area contributed by atoms with Crippen LogP contribution in [0.5, 0.6) is 0 Å². The molecule has 0 radical (unpaired) electrons. The van der Waals surface area contributed by atoms with Crippen LogP contribution in [0.2, 0.25) is 0 Å². The summed E-state index contributed by atoms with van der Waals surface area (Å²) in [4.78, 5) is 11.6. The Morgan fingerprint density at radius 2 is 2.25 bits per heavy atom. The number of halogens is 1. The van der Waals surface area contributed by atoms with Crippen LogP contribution in [-0.2, 0) is 14.3 Å². The number of carbonyl (C=O) groups is 1. The van der Waals surface area contributed by atoms with Gasteiger partial charge >= 0.3 is 5.97 Å². The molecule has 1 saturated heterocycles. The van der Waals surface area contributed by atoms with E-state index in [2.05, 4.69) is 22.6 Å². The van der Waals surface area contributed by atoms with E-state index in [1.54, 1.807) is 0 Å². The van der Waals surface area contributed by atoms with Crippen LogP contribution in [0.25, 0.3) is 0 Å². The number of esters is 1. The average molecular weight is 336 g/mol. The lowest BCUT2D eigenvalue weighted by atomic mass is 9.80. The Balaban J connectivity index is 1.62. The van der Waals surface area contributed by atoms with E-state index in [4.69, 9.17) is 9.47 Å². The molecule has 0 aromatic carbocycles. The topological polar surface area (TPSA) is 35.5 Å². The quantitative estimate of drug-likeness (QED) is 0.341. The third-order valence-corrected chi connectivity index (χ3v) is 5.18. The Bertz CT molecular complexity index is 294. The lowest BCUT2D eigenvalue weighted by molar-refractivity contribution is -0.144. The van der Waals surface area contributed by atoms with E-state index in [0.717, 1.165) is 23.9 Å². The number of alkyl halides is 1. The fourth-order valence-corrected chi connectivity index (χ4v) is 4.07. The number of hydrogen-bond donors (Lipinski definition) is 0. The first-order valence-corrected chi connectivity index (χ1v) is 7.68. The molecule has 1 aliphatic heterocycles. The molecular weight excluding hydrogens is 319 g/mol. The highest BCUT2D eigenvalue weighted by Gasteiger charge is 2.59. The van der Waals surface area contributed by atoms with E-state index >= 15 is 0 Å². The molecular formula is C12H17IO3. The van der Waals surface area contributed by atoms with Crippen LogP contribution >= 0.6 is 22.6 Å². The van der Waals surface area contributed by atoms with Crippen molar-refractivity contribution in [2.75, 3.05) is 17.6 Å². The maximum absolute atomic E-state index is 11.6. The smallest absolute Gasteiger partial charge is 0.309 e. The van der Waals surface area contributed by atoms with E-state index in [0.29, 0.717) is 30.5 Å². The van der Waals surface area contributed by atoms with Gasteiger partial charge < -0.3 is 9.47 Å². The molecule has 16 heavy (non-hydrogen) atoms. The third kappa shape index (κ3) is 1.68. The van der Waals surface area contributed by atoms with Crippen LogP contribution in [0.1, 0.15) is 19.3 Å². The molecule has 0 aromatic rings. The predicted molar refractivity (Wildman–Crippen MR) is 67.4 cm³/mol. The molecule has 3 aliphatic rings. The normalized spacial score (nSPS) is 44.8. The maximum atomic E-state index is 11.6. The average Bonchev–Trinajstić information content (AvgIpc) is 2.91. The summed E-state index contributed by atoms with van der Waals surface area (Å²) in [6.45, 7) is 1.52. The second kappa shape index (κ2) is 4.44. The summed E-state index contributed by atoms with van der Waals surface area (Å²) < 4.78 is 12.2. The highest BCUT2D eigenvalue weighted by molar-refractivity contribution is 14.1. The van der Waals surface area contributed by atoms with Gasteiger partial charge in [0.1, 0.15) is 0 Å². The van der Waals surface area contributed by atoms with E-state index in [9.17, 15) is 4.79 Å². The minimum atomic E-state index is 0.0414. The Morgan fingerprint density at radius 3 is 3.06 bits per heavy atom. The van der Waals surface area contributed by atoms with E-state index in [1.807, 2.05) is 0 Å². The van der Waals surface area contributed by atoms with Crippen LogP contribution in [0.4, 0.5) is 0 Å². The van der Waals surface area contributed by atoms with Gasteiger partial charge in [-0.25, -0.2) is 0 Å². The summed E-state index contributed by atoms with van der Waals surface area (Å²) in [5, 5.41) is 0. The van der Waals surface area contributed by atoms with Crippen molar-refractivity contribution in [3.8, 4) is 0 Å². The molecule has 0 spiro atoms. The summed E-state index contributed by atoms with van der Waals surface area (Å²) in [5.74, 6) is 1.87. The zero-order valence-corrected chi connectivity index (χ0v) is 11.4. The van der Waals surface area contributed by atoms with Crippen LogP contribution in [-0.4, -0.2) is 29.7 Å². The SMILES string of the molecule is O=C1OCC2C3CC(OCCCI)C(C3)C12. The first-order valence-electron chi connectivity index (χ1n) is 6.15. The van der Waals surface area contributed by atoms with Gasteiger partial charge in [0.2, 0.25) is 0 Å². The number of carbonyl (C=O) groups excluding carboxylic acids is 1. The number of fused-ring (bicyclic) bond motifs is 5. The summed E-state index contributed by atoms with van der Waals surface area (Å²) in [6.07, 6.45) is 3.80. The Kier molecular flexibility index (Phi) is 3.13. The molecule has 5 atom stereocenters. The van der Waals surface area contributed by atoms with Gasteiger partial charge in [-0.05, 0) is 31.1 Å². The van der Waals surface area contributed by atoms with Crippen molar-refractivity contribution in [2.24, 2.45) is 23.7 Å². The number of hydrogen-bond acceptors (Lipinski definition) is 3. The summed E-state index contributed by atoms with van der Waals surface area (Å²) in [7, 11) is 0. The largest absolute Gasteiger partial charge is 0.465 e. The van der Waals surface area contributed by atoms with Crippen molar-refractivity contribution < 1.29 is 14.3 Å². The molecule has 2 aliphatic carbocycles. The van der Waals surface area contributed by atoms with Gasteiger partial charge in [0.15, 0.2) is 0 Å². The lowest BCUT2D eigenvalue weighted by Crippen LogP contribution is -2.34. The minimum absolute atomic E-state index is 0.0414. The zero-order valence-electron chi connectivity index (χ0n) is 9.23. The first-order chi connectivity index (χ1) is 7.81. The van der Waals surface area contributed by atoms with Crippen molar-refractivity contribution in [2.45, 2.75) is 25.4 Å². The predicted octanol–water partition coefficient (Wildman–Crippen LogP) is 2.03. The molecule has 2 bridgehead atoms. The summed E-state index contributed by atoms with van der Waals surface area (Å²) >= 11 is 2.37. The molecule has 3 nitrogen and oxygen atoms in total. The first kappa shape index (κ1) is 11.3. The van der Waals surface area contributed by atoms with Crippen LogP contribution in [0, 0.1) is 23.7 Å². The monoisotopic (exact) mass is 336 g/mol. The molecule has 4 heteroatoms. The molecule has 3 rings (SSSR count). The van der Waals surface area contributed by atoms with Gasteiger partial charge in [-0.2, -0.15) is 0 Å². The minimum Gasteiger partial charge on any atom is -0.465 e. The molecule has 90 valence electrons. The number of ether oxygens (including phenoxy) is 2. The number of rotatable bonds is 4. The third-order valence-electron chi connectivity index (χ3n) is 4.42. The molecule has 0 amide bonds. The van der Waals surface area contributed by atoms with Gasteiger partial charge in [0.05, 0.1) is 18.6 Å². The molecule has 3 fully saturated rings. The van der Waals surface area contributed by atoms with Gasteiger partial charge in [-0.15, -0.1) is 0 Å². The fourth-order valence-electron chi connectivity index (χ4n) is 3.75. The Labute approximate surface area is 109 Å². The Hall–Kier alpha value is 0.160. The van der Waals surface area contributed by atoms with Crippen LogP contribution < -0.4 is 0 Å². The van der Waals surface area contributed by atoms with E-state index in [-0.39, 0.29) is 11.9 Å². The molecule has 0 aromatic heterocycles. The van der Waals surface area contributed by atoms with Crippen LogP contribution in [0.3, 0.4) is 0 Å². The number of cyclic esters (lactones) is 1. The summed E-state index contributed by atoms with van der Waals surface area (Å²) in [6, 6.07) is 0. The van der Waals surface area contributed by atoms with Crippen molar-refractivity contribution >= 4 is 28.6 Å². The lowest BCUT2D eigenvalue weighted by Gasteiger charge is -2.28. The second-order valence-corrected chi connectivity index (χ2v) is 6.25. The molecule has 1 heterocycles. The molecule has 0 N–H and O–H groups in total. The zero-order chi connectivity index (χ0) is 11.1. The summed E-state index contributed by atoms with van der Waals surface area (Å²) in [5.41, 5.74) is 0.